The molecule has 10 heteroatoms. The highest BCUT2D eigenvalue weighted by atomic mass is 16.6. The quantitative estimate of drug-likeness (QED) is 0.655. The molecule has 1 aliphatic heterocycles. The number of amides is 1. The summed E-state index contributed by atoms with van der Waals surface area (Å²) < 4.78 is 10.3. The van der Waals surface area contributed by atoms with Gasteiger partial charge in [-0.15, -0.1) is 0 Å². The van der Waals surface area contributed by atoms with Crippen LogP contribution in [0.15, 0.2) is 28.8 Å². The van der Waals surface area contributed by atoms with Crippen LogP contribution in [0.4, 0.5) is 17.4 Å². The number of benzene rings is 1. The van der Waals surface area contributed by atoms with Crippen molar-refractivity contribution in [1.29, 1.82) is 0 Å². The number of nitrogens with one attached hydrogen (secondary N) is 1. The minimum absolute atomic E-state index is 0.0582. The lowest BCUT2D eigenvalue weighted by Gasteiger charge is -2.24. The lowest BCUT2D eigenvalue weighted by Crippen LogP contribution is -2.36. The second-order valence-electron chi connectivity index (χ2n) is 4.76. The van der Waals surface area contributed by atoms with Gasteiger partial charge >= 0.3 is 6.01 Å². The van der Waals surface area contributed by atoms with Crippen LogP contribution in [0.5, 0.6) is 0 Å². The van der Waals surface area contributed by atoms with Gasteiger partial charge in [0.1, 0.15) is 0 Å². The lowest BCUT2D eigenvalue weighted by atomic mass is 10.3. The number of ether oxygens (including phenoxy) is 1. The van der Waals surface area contributed by atoms with Gasteiger partial charge in [-0.2, -0.15) is 4.98 Å². The molecule has 1 fully saturated rings. The van der Waals surface area contributed by atoms with Gasteiger partial charge in [0.25, 0.3) is 17.4 Å². The average molecular weight is 319 g/mol. The van der Waals surface area contributed by atoms with Gasteiger partial charge in [0.05, 0.1) is 18.1 Å². The van der Waals surface area contributed by atoms with Gasteiger partial charge in [-0.3, -0.25) is 14.9 Å². The number of rotatable bonds is 4. The number of nitro groups is 1. The summed E-state index contributed by atoms with van der Waals surface area (Å²) >= 11 is 0. The predicted octanol–water partition coefficient (Wildman–Crippen LogP) is 1.07. The molecule has 1 aliphatic rings. The molecule has 0 unspecified atom stereocenters. The first-order valence-electron chi connectivity index (χ1n) is 6.86. The SMILES string of the molecule is O=C(Nc1ccc([N+](=O)[O-])cc1)c1noc(N2CCOCC2)n1. The van der Waals surface area contributed by atoms with E-state index in [1.54, 1.807) is 0 Å². The maximum Gasteiger partial charge on any atom is 0.324 e. The third kappa shape index (κ3) is 3.43. The average Bonchev–Trinajstić information content (AvgIpc) is 3.06. The lowest BCUT2D eigenvalue weighted by molar-refractivity contribution is -0.384. The largest absolute Gasteiger partial charge is 0.378 e. The summed E-state index contributed by atoms with van der Waals surface area (Å²) in [5.74, 6) is -0.660. The first kappa shape index (κ1) is 14.9. The molecule has 3 rings (SSSR count). The molecule has 0 radical (unpaired) electrons. The number of aromatic nitrogens is 2. The van der Waals surface area contributed by atoms with Crippen molar-refractivity contribution in [2.45, 2.75) is 0 Å². The molecule has 120 valence electrons. The minimum atomic E-state index is -0.554. The van der Waals surface area contributed by atoms with Crippen molar-refractivity contribution in [3.63, 3.8) is 0 Å². The van der Waals surface area contributed by atoms with E-state index in [4.69, 9.17) is 9.26 Å². The fraction of sp³-hybridized carbons (Fsp3) is 0.308. The van der Waals surface area contributed by atoms with E-state index in [2.05, 4.69) is 15.5 Å². The summed E-state index contributed by atoms with van der Waals surface area (Å²) in [6, 6.07) is 5.72. The summed E-state index contributed by atoms with van der Waals surface area (Å²) in [5.41, 5.74) is 0.343. The molecule has 23 heavy (non-hydrogen) atoms. The number of nitro benzene ring substituents is 1. The molecule has 0 spiro atoms. The Hall–Kier alpha value is -3.01. The molecule has 10 nitrogen and oxygen atoms in total. The predicted molar refractivity (Wildman–Crippen MR) is 78.4 cm³/mol. The maximum absolute atomic E-state index is 12.1. The van der Waals surface area contributed by atoms with Gasteiger partial charge < -0.3 is 19.5 Å². The molecule has 1 aromatic carbocycles. The van der Waals surface area contributed by atoms with Crippen molar-refractivity contribution in [2.75, 3.05) is 36.5 Å². The molecule has 1 saturated heterocycles. The Morgan fingerprint density at radius 3 is 2.61 bits per heavy atom. The van der Waals surface area contributed by atoms with Crippen LogP contribution in [0.2, 0.25) is 0 Å². The Balaban J connectivity index is 1.66. The molecule has 1 aromatic heterocycles. The Morgan fingerprint density at radius 2 is 1.96 bits per heavy atom. The summed E-state index contributed by atoms with van der Waals surface area (Å²) in [5, 5.41) is 16.8. The number of hydrogen-bond acceptors (Lipinski definition) is 8. The molecular weight excluding hydrogens is 306 g/mol. The van der Waals surface area contributed by atoms with E-state index in [1.165, 1.54) is 24.3 Å². The Bertz CT molecular complexity index is 708. The zero-order valence-corrected chi connectivity index (χ0v) is 12.0. The number of morpholine rings is 1. The Labute approximate surface area is 130 Å². The number of nitrogens with zero attached hydrogens (tertiary/aromatic N) is 4. The summed E-state index contributed by atoms with van der Waals surface area (Å²) in [4.78, 5) is 28.0. The van der Waals surface area contributed by atoms with Crippen molar-refractivity contribution < 1.29 is 19.0 Å². The van der Waals surface area contributed by atoms with E-state index in [9.17, 15) is 14.9 Å². The second-order valence-corrected chi connectivity index (χ2v) is 4.76. The minimum Gasteiger partial charge on any atom is -0.378 e. The van der Waals surface area contributed by atoms with Gasteiger partial charge in [-0.05, 0) is 17.3 Å². The van der Waals surface area contributed by atoms with Crippen LogP contribution in [-0.4, -0.2) is 47.3 Å². The van der Waals surface area contributed by atoms with E-state index in [1.807, 2.05) is 4.90 Å². The van der Waals surface area contributed by atoms with Crippen LogP contribution in [0.3, 0.4) is 0 Å². The number of hydrogen-bond donors (Lipinski definition) is 1. The van der Waals surface area contributed by atoms with Crippen LogP contribution < -0.4 is 10.2 Å². The smallest absolute Gasteiger partial charge is 0.324 e. The highest BCUT2D eigenvalue weighted by molar-refractivity contribution is 6.01. The fourth-order valence-electron chi connectivity index (χ4n) is 2.04. The number of carbonyl (C=O) groups is 1. The van der Waals surface area contributed by atoms with Crippen LogP contribution in [0, 0.1) is 10.1 Å². The summed E-state index contributed by atoms with van der Waals surface area (Å²) in [7, 11) is 0. The molecule has 0 bridgehead atoms. The van der Waals surface area contributed by atoms with Crippen LogP contribution in [0.1, 0.15) is 10.6 Å². The highest BCUT2D eigenvalue weighted by Gasteiger charge is 2.21. The fourth-order valence-corrected chi connectivity index (χ4v) is 2.04. The summed E-state index contributed by atoms with van der Waals surface area (Å²) in [6.45, 7) is 2.36. The van der Waals surface area contributed by atoms with Crippen LogP contribution >= 0.6 is 0 Å². The van der Waals surface area contributed by atoms with E-state index in [0.717, 1.165) is 0 Å². The first-order chi connectivity index (χ1) is 11.1. The van der Waals surface area contributed by atoms with Crippen molar-refractivity contribution in [3.8, 4) is 0 Å². The molecule has 1 N–H and O–H groups in total. The van der Waals surface area contributed by atoms with Gasteiger partial charge in [0.2, 0.25) is 0 Å². The second kappa shape index (κ2) is 6.40. The van der Waals surface area contributed by atoms with E-state index in [-0.39, 0.29) is 17.5 Å². The molecule has 0 saturated carbocycles. The number of carbonyl (C=O) groups excluding carboxylic acids is 1. The van der Waals surface area contributed by atoms with Gasteiger partial charge in [-0.1, -0.05) is 0 Å². The zero-order valence-electron chi connectivity index (χ0n) is 12.0. The summed E-state index contributed by atoms with van der Waals surface area (Å²) in [6.07, 6.45) is 0. The molecule has 2 aromatic rings. The number of non-ortho nitro benzene ring substituents is 1. The van der Waals surface area contributed by atoms with Crippen LogP contribution in [0.25, 0.3) is 0 Å². The van der Waals surface area contributed by atoms with Crippen LogP contribution in [-0.2, 0) is 4.74 Å². The molecule has 1 amide bonds. The van der Waals surface area contributed by atoms with Crippen molar-refractivity contribution >= 4 is 23.3 Å². The van der Waals surface area contributed by atoms with Gasteiger partial charge in [0.15, 0.2) is 0 Å². The van der Waals surface area contributed by atoms with Crippen molar-refractivity contribution in [1.82, 2.24) is 10.1 Å². The number of anilines is 2. The monoisotopic (exact) mass is 319 g/mol. The molecule has 0 atom stereocenters. The molecular formula is C13H13N5O5. The standard InChI is InChI=1S/C13H13N5O5/c19-12(14-9-1-3-10(4-2-9)18(20)21)11-15-13(23-16-11)17-5-7-22-8-6-17/h1-4H,5-8H2,(H,14,19). The molecule has 0 aliphatic carbocycles. The molecule has 2 heterocycles. The zero-order chi connectivity index (χ0) is 16.2. The normalized spacial score (nSPS) is 14.5. The first-order valence-corrected chi connectivity index (χ1v) is 6.86. The van der Waals surface area contributed by atoms with E-state index < -0.39 is 10.8 Å². The Morgan fingerprint density at radius 1 is 1.26 bits per heavy atom. The van der Waals surface area contributed by atoms with Crippen molar-refractivity contribution in [2.24, 2.45) is 0 Å². The Kier molecular flexibility index (Phi) is 4.15. The van der Waals surface area contributed by atoms with E-state index >= 15 is 0 Å². The van der Waals surface area contributed by atoms with Gasteiger partial charge in [0, 0.05) is 30.9 Å². The van der Waals surface area contributed by atoms with E-state index in [0.29, 0.717) is 32.0 Å². The topological polar surface area (TPSA) is 124 Å². The maximum atomic E-state index is 12.1. The third-order valence-electron chi connectivity index (χ3n) is 3.24. The van der Waals surface area contributed by atoms with Gasteiger partial charge in [-0.25, -0.2) is 0 Å². The van der Waals surface area contributed by atoms with Crippen molar-refractivity contribution in [3.05, 3.63) is 40.2 Å². The third-order valence-corrected chi connectivity index (χ3v) is 3.24. The highest BCUT2D eigenvalue weighted by Crippen LogP contribution is 2.17.